The number of methoxy groups -OCH3 is 2. The first kappa shape index (κ1) is 41.0. The van der Waals surface area contributed by atoms with Crippen LogP contribution < -0.4 is 25.7 Å². The fourth-order valence-corrected chi connectivity index (χ4v) is 12.4. The number of carboxylic acid groups (broad SMARTS) is 1. The highest BCUT2D eigenvalue weighted by atomic mass is 28.4. The van der Waals surface area contributed by atoms with Crippen LogP contribution in [-0.2, 0) is 15.7 Å². The lowest BCUT2D eigenvalue weighted by molar-refractivity contribution is 0.131. The Morgan fingerprint density at radius 2 is 1.63 bits per heavy atom. The zero-order chi connectivity index (χ0) is 40.6. The fraction of sp³-hybridized carbons (Fsp3) is 0.439. The van der Waals surface area contributed by atoms with E-state index in [0.29, 0.717) is 67.3 Å². The van der Waals surface area contributed by atoms with E-state index in [4.69, 9.17) is 18.9 Å². The van der Waals surface area contributed by atoms with Gasteiger partial charge in [-0.2, -0.15) is 15.2 Å². The molecular formula is C41H53N9O6Si. The van der Waals surface area contributed by atoms with E-state index in [9.17, 15) is 14.7 Å². The van der Waals surface area contributed by atoms with E-state index in [1.54, 1.807) is 18.0 Å². The van der Waals surface area contributed by atoms with Crippen LogP contribution in [0.25, 0.3) is 11.0 Å². The summed E-state index contributed by atoms with van der Waals surface area (Å²) >= 11 is 0. The first-order valence-corrected chi connectivity index (χ1v) is 21.4. The van der Waals surface area contributed by atoms with Gasteiger partial charge < -0.3 is 29.2 Å². The Hall–Kier alpha value is -5.61. The summed E-state index contributed by atoms with van der Waals surface area (Å²) in [4.78, 5) is 34.5. The second-order valence-electron chi connectivity index (χ2n) is 15.3. The summed E-state index contributed by atoms with van der Waals surface area (Å²) < 4.78 is 19.6. The van der Waals surface area contributed by atoms with Gasteiger partial charge in [-0.05, 0) is 41.1 Å². The third-order valence-corrected chi connectivity index (χ3v) is 15.7. The monoisotopic (exact) mass is 795 g/mol. The third kappa shape index (κ3) is 9.18. The van der Waals surface area contributed by atoms with Crippen molar-refractivity contribution in [1.82, 2.24) is 34.8 Å². The van der Waals surface area contributed by atoms with Gasteiger partial charge in [0, 0.05) is 37.7 Å². The average molecular weight is 796 g/mol. The maximum absolute atomic E-state index is 12.3. The van der Waals surface area contributed by atoms with Crippen molar-refractivity contribution in [2.45, 2.75) is 83.3 Å². The molecule has 1 aliphatic heterocycles. The van der Waals surface area contributed by atoms with E-state index in [1.807, 2.05) is 18.2 Å². The molecule has 0 saturated carbocycles. The zero-order valence-corrected chi connectivity index (χ0v) is 34.6. The van der Waals surface area contributed by atoms with Crippen molar-refractivity contribution in [2.24, 2.45) is 0 Å². The number of benzene rings is 2. The molecule has 1 saturated heterocycles. The zero-order valence-electron chi connectivity index (χ0n) is 33.6. The number of hydrogen-bond acceptors (Lipinski definition) is 11. The van der Waals surface area contributed by atoms with Crippen molar-refractivity contribution >= 4 is 53.7 Å². The van der Waals surface area contributed by atoms with Crippen LogP contribution in [0.3, 0.4) is 0 Å². The van der Waals surface area contributed by atoms with Gasteiger partial charge in [0.2, 0.25) is 5.95 Å². The summed E-state index contributed by atoms with van der Waals surface area (Å²) in [6.45, 7) is 10.5. The van der Waals surface area contributed by atoms with Gasteiger partial charge in [-0.15, -0.1) is 5.10 Å². The molecule has 0 spiro atoms. The van der Waals surface area contributed by atoms with Gasteiger partial charge in [-0.3, -0.25) is 10.00 Å². The second-order valence-corrected chi connectivity index (χ2v) is 19.6. The number of piperidine rings is 1. The Labute approximate surface area is 334 Å². The molecule has 1 fully saturated rings. The Balaban J connectivity index is 1.29. The highest BCUT2D eigenvalue weighted by Gasteiger charge is 2.50. The Morgan fingerprint density at radius 1 is 0.965 bits per heavy atom. The molecule has 0 unspecified atom stereocenters. The van der Waals surface area contributed by atoms with Crippen LogP contribution in [0.1, 0.15) is 77.1 Å². The summed E-state index contributed by atoms with van der Waals surface area (Å²) in [7, 11) is 0.112. The summed E-state index contributed by atoms with van der Waals surface area (Å²) in [5.74, 6) is 1.18. The Morgan fingerprint density at radius 3 is 2.21 bits per heavy atom. The molecular weight excluding hydrogens is 743 g/mol. The first-order chi connectivity index (χ1) is 27.5. The van der Waals surface area contributed by atoms with Crippen LogP contribution >= 0.6 is 0 Å². The number of hydrogen-bond donors (Lipinski definition) is 3. The normalized spacial score (nSPS) is 14.3. The number of amides is 2. The van der Waals surface area contributed by atoms with Crippen LogP contribution in [0, 0.1) is 0 Å². The highest BCUT2D eigenvalue weighted by molar-refractivity contribution is 6.99. The van der Waals surface area contributed by atoms with Crippen molar-refractivity contribution in [1.29, 1.82) is 0 Å². The van der Waals surface area contributed by atoms with Crippen molar-refractivity contribution in [3.63, 3.8) is 0 Å². The minimum absolute atomic E-state index is 0.0539. The molecule has 3 N–H and O–H groups in total. The van der Waals surface area contributed by atoms with Crippen LogP contribution in [0.2, 0.25) is 5.04 Å². The average Bonchev–Trinajstić information content (AvgIpc) is 3.62. The van der Waals surface area contributed by atoms with Crippen LogP contribution in [-0.4, -0.2) is 100 Å². The van der Waals surface area contributed by atoms with Crippen molar-refractivity contribution in [2.75, 3.05) is 44.5 Å². The molecule has 302 valence electrons. The third-order valence-electron chi connectivity index (χ3n) is 10.6. The van der Waals surface area contributed by atoms with Gasteiger partial charge in [0.1, 0.15) is 22.5 Å². The largest absolute Gasteiger partial charge is 0.495 e. The molecule has 6 rings (SSSR count). The second kappa shape index (κ2) is 18.1. The minimum Gasteiger partial charge on any atom is -0.495 e. The standard InChI is InChI=1S/C41H53N9O6Si/c1-7-14-29(21-24-56-57(41(2,3)4,30-15-10-8-11-16-30)31-17-12-9-13-18-31)43-37-36-33(44-38(45-37)46-39(51)55-6)26-42-50(36)27-34-35(54-5)25-32(47-48-34)28-19-22-49(23-20-28)40(52)53/h8-13,15-18,25-26,28-29H,7,14,19-24,27H2,1-6H3,(H,52,53)(H2,43,44,45,46,51)/t29-/m0/s1. The highest BCUT2D eigenvalue weighted by Crippen LogP contribution is 2.37. The number of ether oxygens (including phenoxy) is 2. The maximum Gasteiger partial charge on any atom is 0.413 e. The molecule has 0 bridgehead atoms. The number of carbonyl (C=O) groups excluding carboxylic acids is 1. The molecule has 4 heterocycles. The molecule has 1 atom stereocenters. The molecule has 15 nitrogen and oxygen atoms in total. The molecule has 3 aromatic heterocycles. The van der Waals surface area contributed by atoms with Gasteiger partial charge in [0.05, 0.1) is 32.7 Å². The van der Waals surface area contributed by atoms with Crippen LogP contribution in [0.15, 0.2) is 72.9 Å². The lowest BCUT2D eigenvalue weighted by Crippen LogP contribution is -2.66. The fourth-order valence-electron chi connectivity index (χ4n) is 7.77. The molecule has 0 radical (unpaired) electrons. The molecule has 2 aromatic carbocycles. The van der Waals surface area contributed by atoms with Gasteiger partial charge in [0.15, 0.2) is 5.82 Å². The van der Waals surface area contributed by atoms with E-state index >= 15 is 0 Å². The van der Waals surface area contributed by atoms with E-state index in [1.165, 1.54) is 22.4 Å². The number of nitrogens with zero attached hydrogens (tertiary/aromatic N) is 7. The van der Waals surface area contributed by atoms with Crippen molar-refractivity contribution in [3.05, 3.63) is 84.3 Å². The molecule has 2 amide bonds. The molecule has 57 heavy (non-hydrogen) atoms. The molecule has 1 aliphatic rings. The van der Waals surface area contributed by atoms with Crippen LogP contribution in [0.5, 0.6) is 5.75 Å². The topological polar surface area (TPSA) is 179 Å². The SMILES string of the molecule is CCC[C@@H](CCO[Si](c1ccccc1)(c1ccccc1)C(C)(C)C)Nc1nc(NC(=O)OC)nc2cnn(Cc3nnc(C4CCN(C(=O)O)CC4)cc3OC)c12. The number of aromatic nitrogens is 6. The van der Waals surface area contributed by atoms with Gasteiger partial charge in [-0.25, -0.2) is 14.6 Å². The van der Waals surface area contributed by atoms with Crippen molar-refractivity contribution < 1.29 is 28.6 Å². The number of anilines is 2. The smallest absolute Gasteiger partial charge is 0.413 e. The molecule has 16 heteroatoms. The van der Waals surface area contributed by atoms with E-state index < -0.39 is 20.5 Å². The number of rotatable bonds is 15. The molecule has 5 aromatic rings. The number of likely N-dealkylation sites (tertiary alicyclic amines) is 1. The Kier molecular flexibility index (Phi) is 13.0. The minimum atomic E-state index is -2.76. The summed E-state index contributed by atoms with van der Waals surface area (Å²) in [6.07, 6.45) is 3.76. The number of carbonyl (C=O) groups is 2. The van der Waals surface area contributed by atoms with E-state index in [-0.39, 0.29) is 29.5 Å². The predicted molar refractivity (Wildman–Crippen MR) is 221 cm³/mol. The van der Waals surface area contributed by atoms with E-state index in [0.717, 1.165) is 18.5 Å². The lowest BCUT2D eigenvalue weighted by atomic mass is 9.93. The Bertz CT molecular complexity index is 2080. The number of nitrogens with one attached hydrogen (secondary N) is 2. The molecule has 0 aliphatic carbocycles. The summed E-state index contributed by atoms with van der Waals surface area (Å²) in [6, 6.07) is 23.0. The quantitative estimate of drug-likeness (QED) is 0.102. The van der Waals surface area contributed by atoms with Gasteiger partial charge in [0.25, 0.3) is 8.32 Å². The van der Waals surface area contributed by atoms with Gasteiger partial charge in [-0.1, -0.05) is 94.8 Å². The summed E-state index contributed by atoms with van der Waals surface area (Å²) in [5.41, 5.74) is 2.44. The number of fused-ring (bicyclic) bond motifs is 1. The first-order valence-electron chi connectivity index (χ1n) is 19.5. The van der Waals surface area contributed by atoms with E-state index in [2.05, 4.69) is 107 Å². The van der Waals surface area contributed by atoms with Gasteiger partial charge >= 0.3 is 12.2 Å². The van der Waals surface area contributed by atoms with Crippen molar-refractivity contribution in [3.8, 4) is 5.75 Å². The predicted octanol–water partition coefficient (Wildman–Crippen LogP) is 6.26. The van der Waals surface area contributed by atoms with Crippen LogP contribution in [0.4, 0.5) is 21.4 Å². The lowest BCUT2D eigenvalue weighted by Gasteiger charge is -2.43. The maximum atomic E-state index is 12.3. The summed E-state index contributed by atoms with van der Waals surface area (Å²) in [5, 5.41) is 31.7.